The Morgan fingerprint density at radius 2 is 2.14 bits per heavy atom. The van der Waals surface area contributed by atoms with Gasteiger partial charge in [-0.1, -0.05) is 41.0 Å². The molecule has 0 bridgehead atoms. The van der Waals surface area contributed by atoms with E-state index in [-0.39, 0.29) is 0 Å². The van der Waals surface area contributed by atoms with Gasteiger partial charge in [-0.15, -0.1) is 5.10 Å². The molecule has 2 rings (SSSR count). The van der Waals surface area contributed by atoms with Crippen LogP contribution in [-0.4, -0.2) is 21.4 Å². The summed E-state index contributed by atoms with van der Waals surface area (Å²) in [5, 5.41) is 9.77. The SMILES string of the molecule is CSc1nnc(C)c(/C=C/NOCc2ccc(Cl)cc2Cl)n1. The number of thioether (sulfide) groups is 1. The maximum absolute atomic E-state index is 6.05. The predicted octanol–water partition coefficient (Wildman–Crippen LogP) is 3.90. The molecular formula is C14H14Cl2N4OS. The van der Waals surface area contributed by atoms with E-state index < -0.39 is 0 Å². The van der Waals surface area contributed by atoms with E-state index in [1.807, 2.05) is 19.2 Å². The first-order chi connectivity index (χ1) is 10.6. The molecule has 8 heteroatoms. The normalized spacial score (nSPS) is 11.1. The quantitative estimate of drug-likeness (QED) is 0.481. The van der Waals surface area contributed by atoms with Crippen LogP contribution in [0.4, 0.5) is 0 Å². The van der Waals surface area contributed by atoms with Crippen molar-refractivity contribution in [3.63, 3.8) is 0 Å². The van der Waals surface area contributed by atoms with Gasteiger partial charge in [0, 0.05) is 16.2 Å². The summed E-state index contributed by atoms with van der Waals surface area (Å²) >= 11 is 13.3. The van der Waals surface area contributed by atoms with Crippen LogP contribution in [0.25, 0.3) is 6.08 Å². The van der Waals surface area contributed by atoms with Crippen LogP contribution in [-0.2, 0) is 11.4 Å². The summed E-state index contributed by atoms with van der Waals surface area (Å²) in [4.78, 5) is 9.67. The van der Waals surface area contributed by atoms with Crippen molar-refractivity contribution in [2.24, 2.45) is 0 Å². The fraction of sp³-hybridized carbons (Fsp3) is 0.214. The summed E-state index contributed by atoms with van der Waals surface area (Å²) in [6.07, 6.45) is 5.31. The first-order valence-electron chi connectivity index (χ1n) is 6.33. The van der Waals surface area contributed by atoms with Gasteiger partial charge in [0.2, 0.25) is 5.16 Å². The van der Waals surface area contributed by atoms with Crippen molar-refractivity contribution < 1.29 is 4.84 Å². The zero-order valence-corrected chi connectivity index (χ0v) is 14.3. The van der Waals surface area contributed by atoms with Crippen LogP contribution in [0.3, 0.4) is 0 Å². The van der Waals surface area contributed by atoms with Crippen LogP contribution >= 0.6 is 35.0 Å². The zero-order chi connectivity index (χ0) is 15.9. The molecule has 0 aliphatic heterocycles. The second kappa shape index (κ2) is 8.33. The number of aromatic nitrogens is 3. The topological polar surface area (TPSA) is 59.9 Å². The van der Waals surface area contributed by atoms with Gasteiger partial charge < -0.3 is 0 Å². The molecule has 0 amide bonds. The maximum Gasteiger partial charge on any atom is 0.209 e. The minimum atomic E-state index is 0.317. The molecule has 5 nitrogen and oxygen atoms in total. The van der Waals surface area contributed by atoms with E-state index in [1.54, 1.807) is 24.4 Å². The lowest BCUT2D eigenvalue weighted by Crippen LogP contribution is -2.07. The monoisotopic (exact) mass is 356 g/mol. The summed E-state index contributed by atoms with van der Waals surface area (Å²) in [6.45, 7) is 2.16. The Bertz CT molecular complexity index is 682. The van der Waals surface area contributed by atoms with Crippen molar-refractivity contribution in [3.8, 4) is 0 Å². The van der Waals surface area contributed by atoms with Gasteiger partial charge in [-0.2, -0.15) is 5.10 Å². The molecule has 116 valence electrons. The average molecular weight is 357 g/mol. The predicted molar refractivity (Wildman–Crippen MR) is 89.8 cm³/mol. The molecule has 1 heterocycles. The van der Waals surface area contributed by atoms with Crippen molar-refractivity contribution in [3.05, 3.63) is 51.4 Å². The summed E-state index contributed by atoms with van der Waals surface area (Å²) in [7, 11) is 0. The van der Waals surface area contributed by atoms with Gasteiger partial charge in [0.05, 0.1) is 11.4 Å². The molecule has 1 N–H and O–H groups in total. The Morgan fingerprint density at radius 3 is 2.86 bits per heavy atom. The Balaban J connectivity index is 1.88. The molecule has 0 spiro atoms. The van der Waals surface area contributed by atoms with E-state index in [0.29, 0.717) is 21.8 Å². The van der Waals surface area contributed by atoms with E-state index in [2.05, 4.69) is 20.7 Å². The molecule has 1 aromatic carbocycles. The van der Waals surface area contributed by atoms with Gasteiger partial charge in [-0.05, 0) is 37.0 Å². The lowest BCUT2D eigenvalue weighted by atomic mass is 10.2. The molecule has 0 aliphatic rings. The Labute approximate surface area is 143 Å². The van der Waals surface area contributed by atoms with Gasteiger partial charge in [-0.25, -0.2) is 4.98 Å². The molecule has 0 fully saturated rings. The lowest BCUT2D eigenvalue weighted by molar-refractivity contribution is 0.0582. The number of nitrogens with zero attached hydrogens (tertiary/aromatic N) is 3. The molecule has 0 aliphatic carbocycles. The largest absolute Gasteiger partial charge is 0.274 e. The van der Waals surface area contributed by atoms with Crippen molar-refractivity contribution in [2.75, 3.05) is 6.26 Å². The second-order valence-corrected chi connectivity index (χ2v) is 5.86. The molecule has 2 aromatic rings. The van der Waals surface area contributed by atoms with Crippen molar-refractivity contribution in [2.45, 2.75) is 18.7 Å². The smallest absolute Gasteiger partial charge is 0.209 e. The minimum Gasteiger partial charge on any atom is -0.274 e. The highest BCUT2D eigenvalue weighted by Crippen LogP contribution is 2.21. The molecule has 0 saturated carbocycles. The number of hydrogen-bond donors (Lipinski definition) is 1. The van der Waals surface area contributed by atoms with Crippen molar-refractivity contribution in [1.82, 2.24) is 20.7 Å². The van der Waals surface area contributed by atoms with Gasteiger partial charge in [0.15, 0.2) is 0 Å². The number of rotatable bonds is 6. The highest BCUT2D eigenvalue weighted by molar-refractivity contribution is 7.98. The molecular weight excluding hydrogens is 343 g/mol. The van der Waals surface area contributed by atoms with Crippen LogP contribution in [0, 0.1) is 6.92 Å². The van der Waals surface area contributed by atoms with E-state index >= 15 is 0 Å². The standard InChI is InChI=1S/C14H14Cl2N4OS/c1-9-13(18-14(22-2)20-19-9)5-6-17-21-8-10-3-4-11(15)7-12(10)16/h3-7,17H,8H2,1-2H3/b6-5+. The fourth-order valence-corrected chi connectivity index (χ4v) is 2.31. The van der Waals surface area contributed by atoms with E-state index in [9.17, 15) is 0 Å². The van der Waals surface area contributed by atoms with Gasteiger partial charge in [0.25, 0.3) is 0 Å². The first-order valence-corrected chi connectivity index (χ1v) is 8.31. The van der Waals surface area contributed by atoms with Crippen LogP contribution in [0.1, 0.15) is 17.0 Å². The van der Waals surface area contributed by atoms with E-state index in [1.165, 1.54) is 11.8 Å². The van der Waals surface area contributed by atoms with Gasteiger partial charge in [-0.3, -0.25) is 10.3 Å². The third-order valence-corrected chi connectivity index (χ3v) is 3.82. The number of hydroxylamine groups is 1. The summed E-state index contributed by atoms with van der Waals surface area (Å²) < 4.78 is 0. The number of aryl methyl sites for hydroxylation is 1. The summed E-state index contributed by atoms with van der Waals surface area (Å²) in [6, 6.07) is 5.26. The van der Waals surface area contributed by atoms with Crippen LogP contribution in [0.2, 0.25) is 10.0 Å². The number of halogens is 2. The Morgan fingerprint density at radius 1 is 1.32 bits per heavy atom. The highest BCUT2D eigenvalue weighted by atomic mass is 35.5. The van der Waals surface area contributed by atoms with Crippen LogP contribution in [0.5, 0.6) is 0 Å². The highest BCUT2D eigenvalue weighted by Gasteiger charge is 2.02. The lowest BCUT2D eigenvalue weighted by Gasteiger charge is -2.05. The zero-order valence-electron chi connectivity index (χ0n) is 12.0. The minimum absolute atomic E-state index is 0.317. The van der Waals surface area contributed by atoms with E-state index in [0.717, 1.165) is 17.0 Å². The number of hydrogen-bond acceptors (Lipinski definition) is 6. The third kappa shape index (κ3) is 4.84. The Hall–Kier alpha value is -1.34. The summed E-state index contributed by atoms with van der Waals surface area (Å²) in [5.41, 5.74) is 5.05. The van der Waals surface area contributed by atoms with Gasteiger partial charge >= 0.3 is 0 Å². The van der Waals surface area contributed by atoms with Crippen LogP contribution in [0.15, 0.2) is 29.6 Å². The van der Waals surface area contributed by atoms with Crippen LogP contribution < -0.4 is 5.48 Å². The van der Waals surface area contributed by atoms with Crippen molar-refractivity contribution in [1.29, 1.82) is 0 Å². The molecule has 1 aromatic heterocycles. The Kier molecular flexibility index (Phi) is 6.45. The average Bonchev–Trinajstić information content (AvgIpc) is 2.50. The third-order valence-electron chi connectivity index (χ3n) is 2.69. The molecule has 0 radical (unpaired) electrons. The number of nitrogens with one attached hydrogen (secondary N) is 1. The molecule has 0 saturated heterocycles. The fourth-order valence-electron chi connectivity index (χ4n) is 1.54. The van der Waals surface area contributed by atoms with E-state index in [4.69, 9.17) is 28.0 Å². The second-order valence-electron chi connectivity index (χ2n) is 4.24. The molecule has 0 atom stereocenters. The first kappa shape index (κ1) is 17.0. The van der Waals surface area contributed by atoms with Crippen molar-refractivity contribution >= 4 is 41.0 Å². The maximum atomic E-state index is 6.05. The van der Waals surface area contributed by atoms with Gasteiger partial charge in [0.1, 0.15) is 6.61 Å². The molecule has 22 heavy (non-hydrogen) atoms. The number of benzene rings is 1. The molecule has 0 unspecified atom stereocenters. The summed E-state index contributed by atoms with van der Waals surface area (Å²) in [5.74, 6) is 0.